The van der Waals surface area contributed by atoms with E-state index in [0.717, 1.165) is 16.5 Å². The highest BCUT2D eigenvalue weighted by molar-refractivity contribution is 6.32. The minimum absolute atomic E-state index is 0.378. The first-order chi connectivity index (χ1) is 10.5. The predicted octanol–water partition coefficient (Wildman–Crippen LogP) is 4.64. The first-order valence-electron chi connectivity index (χ1n) is 6.95. The quantitative estimate of drug-likeness (QED) is 0.661. The van der Waals surface area contributed by atoms with Crippen LogP contribution in [0.5, 0.6) is 5.75 Å². The molecule has 112 valence electrons. The Kier molecular flexibility index (Phi) is 3.90. The van der Waals surface area contributed by atoms with Crippen molar-refractivity contribution in [3.05, 3.63) is 74.6 Å². The van der Waals surface area contributed by atoms with E-state index < -0.39 is 0 Å². The van der Waals surface area contributed by atoms with Gasteiger partial charge in [-0.05, 0) is 31.0 Å². The summed E-state index contributed by atoms with van der Waals surface area (Å²) in [6, 6.07) is 12.9. The molecule has 0 unspecified atom stereocenters. The molecule has 4 heteroatoms. The highest BCUT2D eigenvalue weighted by Crippen LogP contribution is 2.31. The molecule has 3 aromatic rings. The number of halogens is 1. The largest absolute Gasteiger partial charge is 0.487 e. The Morgan fingerprint density at radius 1 is 1.14 bits per heavy atom. The molecule has 0 N–H and O–H groups in total. The van der Waals surface area contributed by atoms with E-state index >= 15 is 0 Å². The molecule has 0 atom stereocenters. The van der Waals surface area contributed by atoms with Crippen molar-refractivity contribution in [3.63, 3.8) is 0 Å². The molecule has 3 nitrogen and oxygen atoms in total. The SMILES string of the molecule is Cc1cccc(COc2cc3oc(=O)cc(C)c3cc2Cl)c1. The van der Waals surface area contributed by atoms with E-state index in [0.29, 0.717) is 23.0 Å². The number of benzene rings is 2. The van der Waals surface area contributed by atoms with E-state index in [-0.39, 0.29) is 5.63 Å². The third kappa shape index (κ3) is 3.00. The van der Waals surface area contributed by atoms with Crippen molar-refractivity contribution in [1.82, 2.24) is 0 Å². The monoisotopic (exact) mass is 314 g/mol. The molecule has 0 aliphatic heterocycles. The predicted molar refractivity (Wildman–Crippen MR) is 87.7 cm³/mol. The topological polar surface area (TPSA) is 39.4 Å². The molecule has 2 aromatic carbocycles. The van der Waals surface area contributed by atoms with Gasteiger partial charge >= 0.3 is 5.63 Å². The Morgan fingerprint density at radius 3 is 2.73 bits per heavy atom. The summed E-state index contributed by atoms with van der Waals surface area (Å²) in [5.74, 6) is 0.504. The number of rotatable bonds is 3. The smallest absolute Gasteiger partial charge is 0.336 e. The average molecular weight is 315 g/mol. The van der Waals surface area contributed by atoms with E-state index in [9.17, 15) is 4.79 Å². The summed E-state index contributed by atoms with van der Waals surface area (Å²) in [6.45, 7) is 4.29. The van der Waals surface area contributed by atoms with E-state index in [1.54, 1.807) is 12.1 Å². The molecule has 22 heavy (non-hydrogen) atoms. The lowest BCUT2D eigenvalue weighted by molar-refractivity contribution is 0.306. The fourth-order valence-electron chi connectivity index (χ4n) is 2.39. The second-order valence-electron chi connectivity index (χ2n) is 5.30. The number of hydrogen-bond acceptors (Lipinski definition) is 3. The summed E-state index contributed by atoms with van der Waals surface area (Å²) in [5.41, 5.74) is 3.16. The standard InChI is InChI=1S/C18H15ClO3/c1-11-4-3-5-13(6-11)10-21-17-9-16-14(8-15(17)19)12(2)7-18(20)22-16/h3-9H,10H2,1-2H3. The first-order valence-corrected chi connectivity index (χ1v) is 7.33. The van der Waals surface area contributed by atoms with Crippen LogP contribution in [-0.2, 0) is 6.61 Å². The van der Waals surface area contributed by atoms with E-state index in [1.807, 2.05) is 32.0 Å². The second kappa shape index (κ2) is 5.85. The van der Waals surface area contributed by atoms with Crippen LogP contribution in [0.4, 0.5) is 0 Å². The van der Waals surface area contributed by atoms with Crippen molar-refractivity contribution < 1.29 is 9.15 Å². The zero-order valence-corrected chi connectivity index (χ0v) is 13.1. The fraction of sp³-hybridized carbons (Fsp3) is 0.167. The lowest BCUT2D eigenvalue weighted by Crippen LogP contribution is -2.00. The molecular formula is C18H15ClO3. The van der Waals surface area contributed by atoms with Crippen molar-refractivity contribution in [2.45, 2.75) is 20.5 Å². The molecule has 0 aliphatic carbocycles. The Bertz CT molecular complexity index is 896. The summed E-state index contributed by atoms with van der Waals surface area (Å²) in [5, 5.41) is 1.31. The lowest BCUT2D eigenvalue weighted by atomic mass is 10.1. The molecule has 0 fully saturated rings. The highest BCUT2D eigenvalue weighted by Gasteiger charge is 2.09. The molecule has 0 saturated heterocycles. The van der Waals surface area contributed by atoms with Gasteiger partial charge in [-0.2, -0.15) is 0 Å². The van der Waals surface area contributed by atoms with Crippen molar-refractivity contribution in [3.8, 4) is 5.75 Å². The van der Waals surface area contributed by atoms with Crippen LogP contribution in [0.3, 0.4) is 0 Å². The minimum Gasteiger partial charge on any atom is -0.487 e. The van der Waals surface area contributed by atoms with Crippen LogP contribution in [0.25, 0.3) is 11.0 Å². The summed E-state index contributed by atoms with van der Waals surface area (Å²) in [4.78, 5) is 11.5. The second-order valence-corrected chi connectivity index (χ2v) is 5.71. The minimum atomic E-state index is -0.378. The van der Waals surface area contributed by atoms with Gasteiger partial charge in [0.05, 0.1) is 5.02 Å². The maximum atomic E-state index is 11.5. The number of fused-ring (bicyclic) bond motifs is 1. The van der Waals surface area contributed by atoms with Crippen LogP contribution in [-0.4, -0.2) is 0 Å². The Hall–Kier alpha value is -2.26. The van der Waals surface area contributed by atoms with Gasteiger partial charge in [0, 0.05) is 17.5 Å². The van der Waals surface area contributed by atoms with Crippen LogP contribution in [0.1, 0.15) is 16.7 Å². The van der Waals surface area contributed by atoms with Gasteiger partial charge in [0.2, 0.25) is 0 Å². The van der Waals surface area contributed by atoms with Crippen molar-refractivity contribution in [2.75, 3.05) is 0 Å². The molecule has 1 aromatic heterocycles. The van der Waals surface area contributed by atoms with Gasteiger partial charge in [0.25, 0.3) is 0 Å². The molecule has 0 spiro atoms. The van der Waals surface area contributed by atoms with Gasteiger partial charge in [0.15, 0.2) is 0 Å². The molecule has 0 radical (unpaired) electrons. The maximum absolute atomic E-state index is 11.5. The molecule has 0 bridgehead atoms. The Labute approximate surface area is 133 Å². The summed E-state index contributed by atoms with van der Waals surface area (Å²) in [7, 11) is 0. The van der Waals surface area contributed by atoms with Gasteiger partial charge in [-0.1, -0.05) is 41.4 Å². The summed E-state index contributed by atoms with van der Waals surface area (Å²) < 4.78 is 11.0. The van der Waals surface area contributed by atoms with Crippen LogP contribution >= 0.6 is 11.6 Å². The number of aryl methyl sites for hydroxylation is 2. The van der Waals surface area contributed by atoms with Gasteiger partial charge < -0.3 is 9.15 Å². The van der Waals surface area contributed by atoms with Crippen LogP contribution in [0.2, 0.25) is 5.02 Å². The van der Waals surface area contributed by atoms with Crippen molar-refractivity contribution in [2.24, 2.45) is 0 Å². The van der Waals surface area contributed by atoms with Crippen LogP contribution in [0, 0.1) is 13.8 Å². The maximum Gasteiger partial charge on any atom is 0.336 e. The van der Waals surface area contributed by atoms with E-state index in [2.05, 4.69) is 6.07 Å². The van der Waals surface area contributed by atoms with E-state index in [1.165, 1.54) is 11.6 Å². The third-order valence-electron chi connectivity index (χ3n) is 3.48. The molecule has 0 saturated carbocycles. The molecule has 0 amide bonds. The van der Waals surface area contributed by atoms with Gasteiger partial charge in [-0.25, -0.2) is 4.79 Å². The molecule has 0 aliphatic rings. The zero-order valence-electron chi connectivity index (χ0n) is 12.4. The fourth-order valence-corrected chi connectivity index (χ4v) is 2.61. The Morgan fingerprint density at radius 2 is 1.95 bits per heavy atom. The van der Waals surface area contributed by atoms with Crippen molar-refractivity contribution >= 4 is 22.6 Å². The van der Waals surface area contributed by atoms with E-state index in [4.69, 9.17) is 20.8 Å². The van der Waals surface area contributed by atoms with Gasteiger partial charge in [0.1, 0.15) is 17.9 Å². The van der Waals surface area contributed by atoms with Crippen LogP contribution in [0.15, 0.2) is 51.7 Å². The summed E-state index contributed by atoms with van der Waals surface area (Å²) in [6.07, 6.45) is 0. The molecule has 3 rings (SSSR count). The molecule has 1 heterocycles. The normalized spacial score (nSPS) is 10.9. The number of hydrogen-bond donors (Lipinski definition) is 0. The zero-order chi connectivity index (χ0) is 15.7. The van der Waals surface area contributed by atoms with Gasteiger partial charge in [-0.3, -0.25) is 0 Å². The van der Waals surface area contributed by atoms with Crippen LogP contribution < -0.4 is 10.4 Å². The Balaban J connectivity index is 1.94. The third-order valence-corrected chi connectivity index (χ3v) is 3.78. The number of ether oxygens (including phenoxy) is 1. The van der Waals surface area contributed by atoms with Crippen molar-refractivity contribution in [1.29, 1.82) is 0 Å². The van der Waals surface area contributed by atoms with Gasteiger partial charge in [-0.15, -0.1) is 0 Å². The highest BCUT2D eigenvalue weighted by atomic mass is 35.5. The lowest BCUT2D eigenvalue weighted by Gasteiger charge is -2.10. The first kappa shape index (κ1) is 14.7. The molecular weight excluding hydrogens is 300 g/mol. The average Bonchev–Trinajstić information content (AvgIpc) is 2.46. The summed E-state index contributed by atoms with van der Waals surface area (Å²) >= 11 is 6.27.